The Balaban J connectivity index is 1.56. The number of hydrogen-bond acceptors (Lipinski definition) is 3. The highest BCUT2D eigenvalue weighted by Crippen LogP contribution is 2.27. The smallest absolute Gasteiger partial charge is 0.122 e. The van der Waals surface area contributed by atoms with Crippen LogP contribution in [0.4, 0.5) is 0 Å². The van der Waals surface area contributed by atoms with E-state index in [-0.39, 0.29) is 0 Å². The molecule has 1 atom stereocenters. The van der Waals surface area contributed by atoms with E-state index in [0.29, 0.717) is 12.1 Å². The second-order valence-corrected chi connectivity index (χ2v) is 6.64. The summed E-state index contributed by atoms with van der Waals surface area (Å²) < 4.78 is 5.68. The summed E-state index contributed by atoms with van der Waals surface area (Å²) in [5.74, 6) is 2.05. The molecule has 1 aliphatic heterocycles. The van der Waals surface area contributed by atoms with Gasteiger partial charge in [0.25, 0.3) is 0 Å². The summed E-state index contributed by atoms with van der Waals surface area (Å²) >= 11 is 0. The number of likely N-dealkylation sites (tertiary alicyclic amines) is 1. The average Bonchev–Trinajstić information content (AvgIpc) is 3.14. The van der Waals surface area contributed by atoms with Crippen molar-refractivity contribution in [3.63, 3.8) is 0 Å². The molecule has 1 N–H and O–H groups in total. The lowest BCUT2D eigenvalue weighted by atomic mass is 9.87. The maximum Gasteiger partial charge on any atom is 0.122 e. The first kappa shape index (κ1) is 14.2. The molecule has 20 heavy (non-hydrogen) atoms. The van der Waals surface area contributed by atoms with Crippen molar-refractivity contribution < 1.29 is 4.42 Å². The Bertz CT molecular complexity index is 376. The molecule has 0 radical (unpaired) electrons. The van der Waals surface area contributed by atoms with Crippen molar-refractivity contribution in [1.29, 1.82) is 0 Å². The van der Waals surface area contributed by atoms with E-state index in [1.54, 1.807) is 6.26 Å². The summed E-state index contributed by atoms with van der Waals surface area (Å²) in [6.07, 6.45) is 9.91. The lowest BCUT2D eigenvalue weighted by Gasteiger charge is -2.31. The minimum Gasteiger partial charge on any atom is -0.468 e. The Morgan fingerprint density at radius 2 is 2.00 bits per heavy atom. The van der Waals surface area contributed by atoms with Gasteiger partial charge < -0.3 is 9.73 Å². The van der Waals surface area contributed by atoms with E-state index in [1.165, 1.54) is 51.6 Å². The first-order valence-electron chi connectivity index (χ1n) is 8.34. The first-order chi connectivity index (χ1) is 9.83. The van der Waals surface area contributed by atoms with Gasteiger partial charge in [0.1, 0.15) is 5.76 Å². The van der Waals surface area contributed by atoms with Gasteiger partial charge >= 0.3 is 0 Å². The Morgan fingerprint density at radius 3 is 2.65 bits per heavy atom. The van der Waals surface area contributed by atoms with Crippen LogP contribution in [0.15, 0.2) is 22.8 Å². The largest absolute Gasteiger partial charge is 0.468 e. The quantitative estimate of drug-likeness (QED) is 0.891. The van der Waals surface area contributed by atoms with Crippen LogP contribution in [0, 0.1) is 5.92 Å². The van der Waals surface area contributed by atoms with E-state index in [9.17, 15) is 0 Å². The molecule has 3 rings (SSSR count). The normalized spacial score (nSPS) is 29.6. The molecule has 0 bridgehead atoms. The van der Waals surface area contributed by atoms with Crippen LogP contribution in [0.25, 0.3) is 0 Å². The van der Waals surface area contributed by atoms with Crippen LogP contribution in [0.3, 0.4) is 0 Å². The highest BCUT2D eigenvalue weighted by molar-refractivity contribution is 5.06. The molecular formula is C17H28N2O. The number of nitrogens with zero attached hydrogens (tertiary/aromatic N) is 1. The summed E-state index contributed by atoms with van der Waals surface area (Å²) in [6, 6.07) is 5.28. The zero-order valence-electron chi connectivity index (χ0n) is 12.7. The maximum atomic E-state index is 5.68. The lowest BCUT2D eigenvalue weighted by Crippen LogP contribution is -2.40. The van der Waals surface area contributed by atoms with Crippen molar-refractivity contribution in [2.24, 2.45) is 5.92 Å². The summed E-state index contributed by atoms with van der Waals surface area (Å²) in [5, 5.41) is 3.81. The highest BCUT2D eigenvalue weighted by Gasteiger charge is 2.26. The third kappa shape index (κ3) is 3.44. The topological polar surface area (TPSA) is 28.4 Å². The number of nitrogens with one attached hydrogen (secondary N) is 1. The fourth-order valence-electron chi connectivity index (χ4n) is 3.69. The van der Waals surface area contributed by atoms with E-state index >= 15 is 0 Å². The molecule has 2 heterocycles. The fourth-order valence-corrected chi connectivity index (χ4v) is 3.69. The second-order valence-electron chi connectivity index (χ2n) is 6.64. The average molecular weight is 276 g/mol. The molecule has 1 unspecified atom stereocenters. The molecule has 0 spiro atoms. The van der Waals surface area contributed by atoms with E-state index in [1.807, 2.05) is 6.07 Å². The van der Waals surface area contributed by atoms with Crippen molar-refractivity contribution >= 4 is 0 Å². The van der Waals surface area contributed by atoms with Crippen molar-refractivity contribution in [3.05, 3.63) is 24.2 Å². The predicted octanol–water partition coefficient (Wildman–Crippen LogP) is 3.58. The molecule has 1 saturated heterocycles. The van der Waals surface area contributed by atoms with Gasteiger partial charge in [-0.15, -0.1) is 0 Å². The zero-order chi connectivity index (χ0) is 13.8. The molecule has 2 fully saturated rings. The molecule has 3 heteroatoms. The van der Waals surface area contributed by atoms with Crippen LogP contribution < -0.4 is 5.32 Å². The summed E-state index contributed by atoms with van der Waals surface area (Å²) in [7, 11) is 0. The highest BCUT2D eigenvalue weighted by atomic mass is 16.3. The molecule has 0 amide bonds. The van der Waals surface area contributed by atoms with Gasteiger partial charge in [0.2, 0.25) is 0 Å². The summed E-state index contributed by atoms with van der Waals surface area (Å²) in [5.41, 5.74) is 0. The molecule has 3 nitrogen and oxygen atoms in total. The lowest BCUT2D eigenvalue weighted by molar-refractivity contribution is 0.195. The van der Waals surface area contributed by atoms with Crippen molar-refractivity contribution in [2.45, 2.75) is 57.5 Å². The van der Waals surface area contributed by atoms with Crippen LogP contribution in [0.1, 0.15) is 57.3 Å². The van der Waals surface area contributed by atoms with E-state index in [4.69, 9.17) is 4.42 Å². The molecule has 0 aromatic carbocycles. The van der Waals surface area contributed by atoms with Crippen molar-refractivity contribution in [3.8, 4) is 0 Å². The third-order valence-corrected chi connectivity index (χ3v) is 5.07. The van der Waals surface area contributed by atoms with Crippen LogP contribution in [-0.2, 0) is 0 Å². The molecule has 1 aromatic heterocycles. The zero-order valence-corrected chi connectivity index (χ0v) is 12.7. The minimum absolute atomic E-state index is 0.423. The van der Waals surface area contributed by atoms with Crippen LogP contribution in [0.2, 0.25) is 0 Å². The van der Waals surface area contributed by atoms with Gasteiger partial charge in [-0.25, -0.2) is 0 Å². The maximum absolute atomic E-state index is 5.68. The predicted molar refractivity (Wildman–Crippen MR) is 81.7 cm³/mol. The SMILES string of the molecule is CC1CCC(NCC(c2ccco2)N2CCCC2)CC1. The number of rotatable bonds is 5. The molecule has 1 saturated carbocycles. The minimum atomic E-state index is 0.423. The number of furan rings is 1. The van der Waals surface area contributed by atoms with Gasteiger partial charge in [-0.1, -0.05) is 6.92 Å². The van der Waals surface area contributed by atoms with Gasteiger partial charge in [0, 0.05) is 12.6 Å². The molecule has 112 valence electrons. The van der Waals surface area contributed by atoms with Gasteiger partial charge in [-0.05, 0) is 69.7 Å². The standard InChI is InChI=1S/C17H28N2O/c1-14-6-8-15(9-7-14)18-13-16(17-5-4-12-20-17)19-10-2-3-11-19/h4-5,12,14-16,18H,2-3,6-11,13H2,1H3. The van der Waals surface area contributed by atoms with Crippen molar-refractivity contribution in [2.75, 3.05) is 19.6 Å². The second kappa shape index (κ2) is 6.77. The monoisotopic (exact) mass is 276 g/mol. The Labute approximate surface area is 122 Å². The van der Waals surface area contributed by atoms with Gasteiger partial charge in [0.05, 0.1) is 12.3 Å². The first-order valence-corrected chi connectivity index (χ1v) is 8.34. The van der Waals surface area contributed by atoms with Crippen molar-refractivity contribution in [1.82, 2.24) is 10.2 Å². The number of hydrogen-bond donors (Lipinski definition) is 1. The van der Waals surface area contributed by atoms with Gasteiger partial charge in [0.15, 0.2) is 0 Å². The molecule has 2 aliphatic rings. The Hall–Kier alpha value is -0.800. The van der Waals surface area contributed by atoms with E-state index in [2.05, 4.69) is 23.2 Å². The third-order valence-electron chi connectivity index (χ3n) is 5.07. The molecule has 1 aliphatic carbocycles. The fraction of sp³-hybridized carbons (Fsp3) is 0.765. The van der Waals surface area contributed by atoms with Gasteiger partial charge in [-0.2, -0.15) is 0 Å². The van der Waals surface area contributed by atoms with Crippen LogP contribution in [-0.4, -0.2) is 30.6 Å². The molecule has 1 aromatic rings. The van der Waals surface area contributed by atoms with Crippen LogP contribution >= 0.6 is 0 Å². The van der Waals surface area contributed by atoms with E-state index in [0.717, 1.165) is 18.2 Å². The Morgan fingerprint density at radius 1 is 1.25 bits per heavy atom. The molecular weight excluding hydrogens is 248 g/mol. The summed E-state index contributed by atoms with van der Waals surface area (Å²) in [4.78, 5) is 2.58. The van der Waals surface area contributed by atoms with E-state index < -0.39 is 0 Å². The Kier molecular flexibility index (Phi) is 4.79. The van der Waals surface area contributed by atoms with Crippen LogP contribution in [0.5, 0.6) is 0 Å². The summed E-state index contributed by atoms with van der Waals surface area (Å²) in [6.45, 7) is 5.85. The van der Waals surface area contributed by atoms with Gasteiger partial charge in [-0.3, -0.25) is 4.90 Å².